The van der Waals surface area contributed by atoms with Crippen molar-refractivity contribution in [1.29, 1.82) is 0 Å². The number of rotatable bonds is 4. The van der Waals surface area contributed by atoms with Crippen molar-refractivity contribution < 1.29 is 74.6 Å². The van der Waals surface area contributed by atoms with Crippen LogP contribution in [0.4, 0.5) is 0 Å². The first kappa shape index (κ1) is 19.1. The van der Waals surface area contributed by atoms with Crippen molar-refractivity contribution in [2.75, 3.05) is 13.2 Å². The van der Waals surface area contributed by atoms with Gasteiger partial charge in [0.15, 0.2) is 0 Å². The largest absolute Gasteiger partial charge is 1.00 e. The molecule has 0 aromatic rings. The van der Waals surface area contributed by atoms with Crippen LogP contribution in [0.3, 0.4) is 0 Å². The van der Waals surface area contributed by atoms with Gasteiger partial charge >= 0.3 is 51.4 Å². The van der Waals surface area contributed by atoms with Gasteiger partial charge in [0.1, 0.15) is 0 Å². The van der Waals surface area contributed by atoms with Gasteiger partial charge in [0, 0.05) is 24.2 Å². The van der Waals surface area contributed by atoms with Crippen molar-refractivity contribution in [3.8, 4) is 0 Å². The third-order valence-electron chi connectivity index (χ3n) is 0.816. The summed E-state index contributed by atoms with van der Waals surface area (Å²) in [5.74, 6) is 0. The Morgan fingerprint density at radius 3 is 1.33 bits per heavy atom. The molecule has 0 saturated carbocycles. The van der Waals surface area contributed by atoms with E-state index in [9.17, 15) is 0 Å². The molecule has 12 heavy (non-hydrogen) atoms. The Hall–Kier alpha value is 1.47. The van der Waals surface area contributed by atoms with Crippen LogP contribution in [-0.2, 0) is 19.4 Å². The zero-order valence-electron chi connectivity index (χ0n) is 7.10. The Morgan fingerprint density at radius 2 is 1.17 bits per heavy atom. The molecule has 0 radical (unpaired) electrons. The Labute approximate surface area is 116 Å². The van der Waals surface area contributed by atoms with Crippen LogP contribution in [0, 0.1) is 0 Å². The van der Waals surface area contributed by atoms with Gasteiger partial charge in [0.05, 0.1) is 0 Å². The Morgan fingerprint density at radius 1 is 0.917 bits per heavy atom. The third-order valence-corrected chi connectivity index (χ3v) is 0.816. The molecule has 0 spiro atoms. The van der Waals surface area contributed by atoms with E-state index in [-0.39, 0.29) is 64.6 Å². The molecule has 0 fully saturated rings. The third kappa shape index (κ3) is 42.0. The molecule has 0 aliphatic heterocycles. The van der Waals surface area contributed by atoms with Crippen molar-refractivity contribution >= 4 is 11.0 Å². The van der Waals surface area contributed by atoms with Gasteiger partial charge in [-0.3, -0.25) is 0 Å². The van der Waals surface area contributed by atoms with E-state index in [0.29, 0.717) is 0 Å². The predicted molar refractivity (Wildman–Crippen MR) is 39.4 cm³/mol. The van der Waals surface area contributed by atoms with Crippen molar-refractivity contribution in [1.82, 2.24) is 0 Å². The summed E-state index contributed by atoms with van der Waals surface area (Å²) in [6.07, 6.45) is 2.58. The summed E-state index contributed by atoms with van der Waals surface area (Å²) in [6.45, 7) is 0.500. The van der Waals surface area contributed by atoms with Crippen molar-refractivity contribution in [3.05, 3.63) is 0 Å². The number of unbranched alkanes of at least 4 members (excludes halogenated alkanes) is 2. The molecule has 0 aromatic heterocycles. The minimum Gasteiger partial charge on any atom is -0.439 e. The smallest absolute Gasteiger partial charge is 0.439 e. The fourth-order valence-electron chi connectivity index (χ4n) is 0.400. The van der Waals surface area contributed by atoms with E-state index in [1.54, 1.807) is 0 Å². The van der Waals surface area contributed by atoms with E-state index in [0.717, 1.165) is 19.3 Å². The summed E-state index contributed by atoms with van der Waals surface area (Å²) in [5.41, 5.74) is 0. The van der Waals surface area contributed by atoms with Gasteiger partial charge in [-0.2, -0.15) is 0 Å². The molecule has 70 valence electrons. The number of hydrogen-bond donors (Lipinski definition) is 3. The molecule has 0 aliphatic rings. The van der Waals surface area contributed by atoms with Crippen LogP contribution in [0.25, 0.3) is 0 Å². The molecule has 0 bridgehead atoms. The summed E-state index contributed by atoms with van der Waals surface area (Å²) in [4.78, 5) is 0. The van der Waals surface area contributed by atoms with Crippen LogP contribution in [0.15, 0.2) is 0 Å². The Bertz CT molecular complexity index is 115. The molecular formula is C5H13KO5S. The van der Waals surface area contributed by atoms with Crippen LogP contribution in [-0.4, -0.2) is 28.0 Å². The van der Waals surface area contributed by atoms with E-state index in [2.05, 4.69) is 0 Å². The number of hydrogen-bond acceptors (Lipinski definition) is 5. The van der Waals surface area contributed by atoms with Crippen LogP contribution < -0.4 is 51.4 Å². The number of aliphatic hydroxyl groups is 2. The zero-order chi connectivity index (χ0) is 9.11. The van der Waals surface area contributed by atoms with Gasteiger partial charge in [-0.25, -0.2) is 0 Å². The van der Waals surface area contributed by atoms with Crippen molar-refractivity contribution in [2.45, 2.75) is 19.3 Å². The predicted octanol–water partition coefficient (Wildman–Crippen LogP) is -3.09. The first-order valence-corrected chi connectivity index (χ1v) is 4.18. The minimum atomic E-state index is -2.86. The van der Waals surface area contributed by atoms with Gasteiger partial charge in [-0.1, -0.05) is 0 Å². The fourth-order valence-corrected chi connectivity index (χ4v) is 0.400. The van der Waals surface area contributed by atoms with Gasteiger partial charge in [-0.05, 0) is 19.3 Å². The number of aliphatic hydroxyl groups excluding tert-OH is 2. The first-order chi connectivity index (χ1) is 5.15. The zero-order valence-corrected chi connectivity index (χ0v) is 11.0. The van der Waals surface area contributed by atoms with E-state index >= 15 is 0 Å². The van der Waals surface area contributed by atoms with Gasteiger partial charge < -0.3 is 23.2 Å². The molecule has 0 rings (SSSR count). The van der Waals surface area contributed by atoms with Crippen LogP contribution in [0.5, 0.6) is 0 Å². The molecule has 0 saturated heterocycles. The average molecular weight is 224 g/mol. The molecule has 0 aromatic carbocycles. The topological polar surface area (TPSA) is 94.8 Å². The second kappa shape index (κ2) is 18.3. The van der Waals surface area contributed by atoms with Gasteiger partial charge in [-0.15, -0.1) is 0 Å². The van der Waals surface area contributed by atoms with E-state index in [1.165, 1.54) is 0 Å². The summed E-state index contributed by atoms with van der Waals surface area (Å²) in [7, 11) is -2.86. The summed E-state index contributed by atoms with van der Waals surface area (Å²) >= 11 is 0. The molecule has 5 nitrogen and oxygen atoms in total. The van der Waals surface area contributed by atoms with Crippen molar-refractivity contribution in [3.63, 3.8) is 0 Å². The second-order valence-corrected chi connectivity index (χ2v) is 2.16. The molecule has 0 unspecified atom stereocenters. The van der Waals surface area contributed by atoms with Gasteiger partial charge in [0.2, 0.25) is 0 Å². The summed E-state index contributed by atoms with van der Waals surface area (Å²) in [6, 6.07) is 0. The van der Waals surface area contributed by atoms with Crippen LogP contribution in [0.2, 0.25) is 0 Å². The van der Waals surface area contributed by atoms with E-state index < -0.39 is 11.0 Å². The maximum absolute atomic E-state index is 8.56. The summed E-state index contributed by atoms with van der Waals surface area (Å²) in [5, 5.41) is 16.4. The first-order valence-electron chi connectivity index (χ1n) is 3.15. The Kier molecular flexibility index (Phi) is 29.1. The van der Waals surface area contributed by atoms with E-state index in [4.69, 9.17) is 23.2 Å². The van der Waals surface area contributed by atoms with Crippen LogP contribution in [0.1, 0.15) is 19.3 Å². The van der Waals surface area contributed by atoms with E-state index in [1.807, 2.05) is 0 Å². The quantitative estimate of drug-likeness (QED) is 0.155. The van der Waals surface area contributed by atoms with Crippen molar-refractivity contribution in [2.24, 2.45) is 0 Å². The fraction of sp³-hybridized carbons (Fsp3) is 1.00. The minimum absolute atomic E-state index is 0. The molecule has 0 atom stereocenters. The monoisotopic (exact) mass is 224 g/mol. The molecule has 0 heterocycles. The molecule has 0 aliphatic carbocycles. The molecule has 0 amide bonds. The molecule has 3 N–H and O–H groups in total. The average Bonchev–Trinajstić information content (AvgIpc) is 1.88. The normalized spacial score (nSPS) is 8.33. The molecule has 7 heteroatoms. The molecular weight excluding hydrogens is 211 g/mol. The maximum Gasteiger partial charge on any atom is 1.00 e. The SMILES string of the molecule is O=[S-](=O)O.OCCCCCO.[K+]. The Balaban J connectivity index is -0.000000142. The van der Waals surface area contributed by atoms with Crippen LogP contribution >= 0.6 is 0 Å². The second-order valence-electron chi connectivity index (χ2n) is 1.72. The standard InChI is InChI=1S/C5H12O2.K.HO3S/c6-4-2-1-3-5-7;;1-4(2)3/h6-7H,1-5H2;;(H,1,2,3)/q;+1;-1. The summed E-state index contributed by atoms with van der Waals surface area (Å²) < 4.78 is 24.1. The van der Waals surface area contributed by atoms with Gasteiger partial charge in [0.25, 0.3) is 0 Å². The maximum atomic E-state index is 8.56.